The van der Waals surface area contributed by atoms with Crippen LogP contribution in [0.5, 0.6) is 5.75 Å². The van der Waals surface area contributed by atoms with E-state index in [4.69, 9.17) is 9.47 Å². The molecule has 1 heterocycles. The molecule has 3 rings (SSSR count). The summed E-state index contributed by atoms with van der Waals surface area (Å²) < 4.78 is 39.0. The van der Waals surface area contributed by atoms with Crippen molar-refractivity contribution in [2.75, 3.05) is 17.9 Å². The number of anilines is 1. The highest BCUT2D eigenvalue weighted by molar-refractivity contribution is 7.92. The van der Waals surface area contributed by atoms with E-state index in [0.717, 1.165) is 30.6 Å². The van der Waals surface area contributed by atoms with Crippen molar-refractivity contribution in [3.8, 4) is 5.75 Å². The monoisotopic (exact) mass is 361 g/mol. The molecule has 0 aliphatic carbocycles. The zero-order chi connectivity index (χ0) is 17.9. The van der Waals surface area contributed by atoms with E-state index >= 15 is 0 Å². The first-order valence-electron chi connectivity index (χ1n) is 8.38. The zero-order valence-electron chi connectivity index (χ0n) is 14.5. The highest BCUT2D eigenvalue weighted by Gasteiger charge is 2.17. The van der Waals surface area contributed by atoms with Gasteiger partial charge in [0.1, 0.15) is 12.4 Å². The van der Waals surface area contributed by atoms with Crippen LogP contribution in [0.15, 0.2) is 47.4 Å². The number of benzene rings is 2. The van der Waals surface area contributed by atoms with Crippen molar-refractivity contribution in [1.29, 1.82) is 0 Å². The Labute approximate surface area is 149 Å². The minimum absolute atomic E-state index is 0.121. The number of hydrogen-bond donors (Lipinski definition) is 1. The molecular weight excluding hydrogens is 338 g/mol. The van der Waals surface area contributed by atoms with Gasteiger partial charge in [0.2, 0.25) is 0 Å². The van der Waals surface area contributed by atoms with Crippen LogP contribution in [-0.2, 0) is 14.8 Å². The van der Waals surface area contributed by atoms with Gasteiger partial charge < -0.3 is 9.47 Å². The van der Waals surface area contributed by atoms with Crippen LogP contribution in [-0.4, -0.2) is 27.7 Å². The van der Waals surface area contributed by atoms with Crippen molar-refractivity contribution >= 4 is 15.7 Å². The zero-order valence-corrected chi connectivity index (χ0v) is 15.3. The first-order chi connectivity index (χ1) is 11.9. The van der Waals surface area contributed by atoms with Crippen molar-refractivity contribution in [3.63, 3.8) is 0 Å². The molecule has 1 aliphatic heterocycles. The van der Waals surface area contributed by atoms with Crippen molar-refractivity contribution in [2.45, 2.75) is 37.7 Å². The third kappa shape index (κ3) is 4.52. The minimum Gasteiger partial charge on any atom is -0.491 e. The summed E-state index contributed by atoms with van der Waals surface area (Å²) >= 11 is 0. The molecule has 1 aliphatic rings. The molecule has 0 bridgehead atoms. The van der Waals surface area contributed by atoms with E-state index in [2.05, 4.69) is 4.72 Å². The molecule has 134 valence electrons. The summed E-state index contributed by atoms with van der Waals surface area (Å²) in [6.45, 7) is 5.11. The average Bonchev–Trinajstić information content (AvgIpc) is 3.09. The van der Waals surface area contributed by atoms with Crippen LogP contribution in [0.4, 0.5) is 5.69 Å². The highest BCUT2D eigenvalue weighted by atomic mass is 32.2. The van der Waals surface area contributed by atoms with Gasteiger partial charge in [0.25, 0.3) is 10.0 Å². The van der Waals surface area contributed by atoms with Gasteiger partial charge >= 0.3 is 0 Å². The maximum absolute atomic E-state index is 12.6. The Morgan fingerprint density at radius 1 is 1.16 bits per heavy atom. The van der Waals surface area contributed by atoms with Crippen LogP contribution >= 0.6 is 0 Å². The van der Waals surface area contributed by atoms with Crippen LogP contribution in [0.25, 0.3) is 0 Å². The van der Waals surface area contributed by atoms with E-state index in [9.17, 15) is 8.42 Å². The molecule has 0 unspecified atom stereocenters. The summed E-state index contributed by atoms with van der Waals surface area (Å²) in [5.41, 5.74) is 2.48. The average molecular weight is 361 g/mol. The van der Waals surface area contributed by atoms with E-state index < -0.39 is 10.0 Å². The van der Waals surface area contributed by atoms with Crippen molar-refractivity contribution < 1.29 is 17.9 Å². The fourth-order valence-corrected chi connectivity index (χ4v) is 3.84. The van der Waals surface area contributed by atoms with Crippen LogP contribution < -0.4 is 9.46 Å². The number of aryl methyl sites for hydroxylation is 2. The Balaban J connectivity index is 1.70. The maximum Gasteiger partial charge on any atom is 0.261 e. The lowest BCUT2D eigenvalue weighted by atomic mass is 10.1. The number of hydrogen-bond acceptors (Lipinski definition) is 4. The van der Waals surface area contributed by atoms with E-state index in [1.165, 1.54) is 0 Å². The Hall–Kier alpha value is -2.05. The van der Waals surface area contributed by atoms with Crippen LogP contribution in [0.1, 0.15) is 24.0 Å². The maximum atomic E-state index is 12.6. The molecule has 5 nitrogen and oxygen atoms in total. The number of ether oxygens (including phenoxy) is 2. The Kier molecular flexibility index (Phi) is 5.30. The number of rotatable bonds is 6. The molecule has 1 N–H and O–H groups in total. The van der Waals surface area contributed by atoms with Crippen LogP contribution in [0.2, 0.25) is 0 Å². The summed E-state index contributed by atoms with van der Waals surface area (Å²) in [5, 5.41) is 0. The lowest BCUT2D eigenvalue weighted by Gasteiger charge is -2.13. The molecule has 25 heavy (non-hydrogen) atoms. The van der Waals surface area contributed by atoms with Crippen molar-refractivity contribution in [1.82, 2.24) is 0 Å². The SMILES string of the molecule is Cc1ccc(S(=O)(=O)Nc2cccc(OC[C@@H]3CCCO3)c2)cc1C. The molecule has 0 amide bonds. The summed E-state index contributed by atoms with van der Waals surface area (Å²) in [6, 6.07) is 12.1. The molecule has 0 spiro atoms. The lowest BCUT2D eigenvalue weighted by Crippen LogP contribution is -2.16. The molecule has 2 aromatic carbocycles. The van der Waals surface area contributed by atoms with E-state index in [1.54, 1.807) is 30.3 Å². The van der Waals surface area contributed by atoms with Crippen molar-refractivity contribution in [3.05, 3.63) is 53.6 Å². The van der Waals surface area contributed by atoms with E-state index in [-0.39, 0.29) is 11.0 Å². The third-order valence-corrected chi connectivity index (χ3v) is 5.71. The van der Waals surface area contributed by atoms with Gasteiger partial charge in [-0.2, -0.15) is 0 Å². The predicted octanol–water partition coefficient (Wildman–Crippen LogP) is 3.66. The van der Waals surface area contributed by atoms with E-state index in [1.807, 2.05) is 26.0 Å². The molecule has 2 aromatic rings. The number of sulfonamides is 1. The Morgan fingerprint density at radius 2 is 2.00 bits per heavy atom. The second-order valence-corrected chi connectivity index (χ2v) is 8.01. The Bertz CT molecular complexity index is 842. The van der Waals surface area contributed by atoms with Gasteiger partial charge in [0, 0.05) is 12.7 Å². The van der Waals surface area contributed by atoms with Gasteiger partial charge in [-0.3, -0.25) is 4.72 Å². The summed E-state index contributed by atoms with van der Waals surface area (Å²) in [7, 11) is -3.63. The molecular formula is C19H23NO4S. The minimum atomic E-state index is -3.63. The summed E-state index contributed by atoms with van der Waals surface area (Å²) in [5.74, 6) is 0.621. The Morgan fingerprint density at radius 3 is 2.72 bits per heavy atom. The summed E-state index contributed by atoms with van der Waals surface area (Å²) in [6.07, 6.45) is 2.18. The van der Waals surface area contributed by atoms with Gasteiger partial charge in [-0.1, -0.05) is 12.1 Å². The van der Waals surface area contributed by atoms with Gasteiger partial charge in [-0.15, -0.1) is 0 Å². The second-order valence-electron chi connectivity index (χ2n) is 6.33. The molecule has 1 atom stereocenters. The molecule has 0 aromatic heterocycles. The lowest BCUT2D eigenvalue weighted by molar-refractivity contribution is 0.0680. The fraction of sp³-hybridized carbons (Fsp3) is 0.368. The third-order valence-electron chi connectivity index (χ3n) is 4.33. The smallest absolute Gasteiger partial charge is 0.261 e. The van der Waals surface area contributed by atoms with Gasteiger partial charge in [-0.05, 0) is 62.1 Å². The number of nitrogens with one attached hydrogen (secondary N) is 1. The van der Waals surface area contributed by atoms with Gasteiger partial charge in [0.15, 0.2) is 0 Å². The van der Waals surface area contributed by atoms with Gasteiger partial charge in [0.05, 0.1) is 16.7 Å². The topological polar surface area (TPSA) is 64.6 Å². The first-order valence-corrected chi connectivity index (χ1v) is 9.87. The molecule has 1 saturated heterocycles. The standard InChI is InChI=1S/C19H23NO4S/c1-14-8-9-19(11-15(14)2)25(21,22)20-16-5-3-6-17(12-16)24-13-18-7-4-10-23-18/h3,5-6,8-9,11-12,18,20H,4,7,10,13H2,1-2H3/t18-/m0/s1. The predicted molar refractivity (Wildman–Crippen MR) is 97.6 cm³/mol. The normalized spacial score (nSPS) is 17.4. The highest BCUT2D eigenvalue weighted by Crippen LogP contribution is 2.23. The van der Waals surface area contributed by atoms with Crippen molar-refractivity contribution in [2.24, 2.45) is 0 Å². The molecule has 0 saturated carbocycles. The first kappa shape index (κ1) is 17.8. The van der Waals surface area contributed by atoms with Crippen LogP contribution in [0.3, 0.4) is 0 Å². The van der Waals surface area contributed by atoms with Crippen LogP contribution in [0, 0.1) is 13.8 Å². The fourth-order valence-electron chi connectivity index (χ4n) is 2.71. The van der Waals surface area contributed by atoms with Gasteiger partial charge in [-0.25, -0.2) is 8.42 Å². The summed E-state index contributed by atoms with van der Waals surface area (Å²) in [4.78, 5) is 0.251. The van der Waals surface area contributed by atoms with E-state index in [0.29, 0.717) is 18.0 Å². The largest absolute Gasteiger partial charge is 0.491 e. The molecule has 0 radical (unpaired) electrons. The quantitative estimate of drug-likeness (QED) is 0.853. The second kappa shape index (κ2) is 7.45. The molecule has 1 fully saturated rings. The molecule has 6 heteroatoms.